The van der Waals surface area contributed by atoms with E-state index in [1.807, 2.05) is 6.92 Å². The molecule has 1 heterocycles. The van der Waals surface area contributed by atoms with Gasteiger partial charge >= 0.3 is 0 Å². The van der Waals surface area contributed by atoms with Crippen LogP contribution in [0.25, 0.3) is 0 Å². The number of amides is 3. The molecule has 1 N–H and O–H groups in total. The van der Waals surface area contributed by atoms with Gasteiger partial charge in [-0.2, -0.15) is 0 Å². The van der Waals surface area contributed by atoms with Crippen LogP contribution in [0, 0.1) is 0 Å². The Morgan fingerprint density at radius 2 is 2.06 bits per heavy atom. The molecular formula is C13H20N2O3. The molecule has 5 heteroatoms. The molecule has 3 amide bonds. The standard InChI is InChI=1S/C13H20N2O3/c1-4-6-10(5-2)14-11(16)8-15-12(17)7-9(3)13(15)18/h7,10H,4-6,8H2,1-3H3,(H,14,16). The summed E-state index contributed by atoms with van der Waals surface area (Å²) >= 11 is 0. The van der Waals surface area contributed by atoms with Crippen molar-refractivity contribution in [3.8, 4) is 0 Å². The molecule has 0 fully saturated rings. The van der Waals surface area contributed by atoms with Crippen LogP contribution in [0.15, 0.2) is 11.6 Å². The van der Waals surface area contributed by atoms with Gasteiger partial charge in [0.1, 0.15) is 6.54 Å². The summed E-state index contributed by atoms with van der Waals surface area (Å²) in [6, 6.07) is 0.115. The molecular weight excluding hydrogens is 232 g/mol. The molecule has 0 aromatic heterocycles. The summed E-state index contributed by atoms with van der Waals surface area (Å²) in [6.45, 7) is 5.43. The monoisotopic (exact) mass is 252 g/mol. The first-order chi connectivity index (χ1) is 8.49. The van der Waals surface area contributed by atoms with Crippen LogP contribution in [-0.2, 0) is 14.4 Å². The minimum absolute atomic E-state index is 0.115. The zero-order valence-electron chi connectivity index (χ0n) is 11.2. The van der Waals surface area contributed by atoms with Gasteiger partial charge in [-0.3, -0.25) is 19.3 Å². The van der Waals surface area contributed by atoms with Crippen LogP contribution in [0.1, 0.15) is 40.0 Å². The predicted molar refractivity (Wildman–Crippen MR) is 67.6 cm³/mol. The molecule has 0 saturated heterocycles. The third-order valence-electron chi connectivity index (χ3n) is 2.99. The van der Waals surface area contributed by atoms with Gasteiger partial charge < -0.3 is 5.32 Å². The summed E-state index contributed by atoms with van der Waals surface area (Å²) < 4.78 is 0. The number of carbonyl (C=O) groups excluding carboxylic acids is 3. The summed E-state index contributed by atoms with van der Waals surface area (Å²) in [6.07, 6.45) is 4.00. The topological polar surface area (TPSA) is 66.5 Å². The van der Waals surface area contributed by atoms with Gasteiger partial charge in [-0.05, 0) is 19.8 Å². The van der Waals surface area contributed by atoms with Crippen molar-refractivity contribution in [1.82, 2.24) is 10.2 Å². The van der Waals surface area contributed by atoms with Gasteiger partial charge in [0.05, 0.1) is 0 Å². The van der Waals surface area contributed by atoms with E-state index in [9.17, 15) is 14.4 Å². The van der Waals surface area contributed by atoms with Crippen molar-refractivity contribution in [2.45, 2.75) is 46.1 Å². The minimum atomic E-state index is -0.406. The molecule has 1 atom stereocenters. The van der Waals surface area contributed by atoms with Gasteiger partial charge in [0, 0.05) is 17.7 Å². The van der Waals surface area contributed by atoms with Gasteiger partial charge in [0.2, 0.25) is 5.91 Å². The van der Waals surface area contributed by atoms with Crippen molar-refractivity contribution in [3.05, 3.63) is 11.6 Å². The average Bonchev–Trinajstić information content (AvgIpc) is 2.55. The molecule has 1 aliphatic rings. The second-order valence-electron chi connectivity index (χ2n) is 4.52. The Labute approximate surface area is 107 Å². The van der Waals surface area contributed by atoms with E-state index in [0.29, 0.717) is 5.57 Å². The Hall–Kier alpha value is -1.65. The van der Waals surface area contributed by atoms with Crippen LogP contribution in [0.3, 0.4) is 0 Å². The Kier molecular flexibility index (Phi) is 5.07. The Morgan fingerprint density at radius 1 is 1.39 bits per heavy atom. The number of hydrogen-bond donors (Lipinski definition) is 1. The lowest BCUT2D eigenvalue weighted by Gasteiger charge is -2.19. The van der Waals surface area contributed by atoms with Crippen LogP contribution < -0.4 is 5.32 Å². The fourth-order valence-corrected chi connectivity index (χ4v) is 1.93. The second kappa shape index (κ2) is 6.33. The van der Waals surface area contributed by atoms with Crippen LogP contribution in [0.4, 0.5) is 0 Å². The Bertz CT molecular complexity index is 388. The molecule has 0 bridgehead atoms. The molecule has 18 heavy (non-hydrogen) atoms. The molecule has 0 aliphatic carbocycles. The third kappa shape index (κ3) is 3.42. The van der Waals surface area contributed by atoms with Gasteiger partial charge in [0.25, 0.3) is 11.8 Å². The van der Waals surface area contributed by atoms with E-state index in [4.69, 9.17) is 0 Å². The highest BCUT2D eigenvalue weighted by Crippen LogP contribution is 2.11. The first-order valence-electron chi connectivity index (χ1n) is 6.33. The zero-order chi connectivity index (χ0) is 13.7. The largest absolute Gasteiger partial charge is 0.352 e. The van der Waals surface area contributed by atoms with Crippen molar-refractivity contribution in [3.63, 3.8) is 0 Å². The zero-order valence-corrected chi connectivity index (χ0v) is 11.2. The van der Waals surface area contributed by atoms with Gasteiger partial charge in [0.15, 0.2) is 0 Å². The number of imide groups is 1. The fraction of sp³-hybridized carbons (Fsp3) is 0.615. The van der Waals surface area contributed by atoms with Crippen molar-refractivity contribution in [1.29, 1.82) is 0 Å². The summed E-state index contributed by atoms with van der Waals surface area (Å²) in [5.74, 6) is -1.06. The van der Waals surface area contributed by atoms with Crippen molar-refractivity contribution in [2.24, 2.45) is 0 Å². The van der Waals surface area contributed by atoms with Crippen LogP contribution in [0.2, 0.25) is 0 Å². The second-order valence-corrected chi connectivity index (χ2v) is 4.52. The third-order valence-corrected chi connectivity index (χ3v) is 2.99. The van der Waals surface area contributed by atoms with Gasteiger partial charge in [-0.1, -0.05) is 20.3 Å². The maximum atomic E-state index is 11.8. The first kappa shape index (κ1) is 14.4. The van der Waals surface area contributed by atoms with Crippen molar-refractivity contribution >= 4 is 17.7 Å². The molecule has 5 nitrogen and oxygen atoms in total. The maximum Gasteiger partial charge on any atom is 0.257 e. The molecule has 0 radical (unpaired) electrons. The van der Waals surface area contributed by atoms with E-state index in [2.05, 4.69) is 12.2 Å². The van der Waals surface area contributed by atoms with Crippen molar-refractivity contribution < 1.29 is 14.4 Å². The lowest BCUT2D eigenvalue weighted by atomic mass is 10.1. The SMILES string of the molecule is CCCC(CC)NC(=O)CN1C(=O)C=C(C)C1=O. The number of carbonyl (C=O) groups is 3. The quantitative estimate of drug-likeness (QED) is 0.717. The van der Waals surface area contributed by atoms with E-state index in [-0.39, 0.29) is 24.4 Å². The first-order valence-corrected chi connectivity index (χ1v) is 6.33. The number of hydrogen-bond acceptors (Lipinski definition) is 3. The molecule has 1 rings (SSSR count). The van der Waals surface area contributed by atoms with Gasteiger partial charge in [-0.25, -0.2) is 0 Å². The van der Waals surface area contributed by atoms with E-state index in [0.717, 1.165) is 24.2 Å². The Balaban J connectivity index is 2.51. The minimum Gasteiger partial charge on any atom is -0.352 e. The van der Waals surface area contributed by atoms with Crippen molar-refractivity contribution in [2.75, 3.05) is 6.54 Å². The van der Waals surface area contributed by atoms with Crippen LogP contribution in [0.5, 0.6) is 0 Å². The van der Waals surface area contributed by atoms with E-state index < -0.39 is 5.91 Å². The average molecular weight is 252 g/mol. The highest BCUT2D eigenvalue weighted by Gasteiger charge is 2.30. The van der Waals surface area contributed by atoms with E-state index >= 15 is 0 Å². The van der Waals surface area contributed by atoms with E-state index in [1.54, 1.807) is 6.92 Å². The summed E-state index contributed by atoms with van der Waals surface area (Å²) in [5.41, 5.74) is 0.383. The Morgan fingerprint density at radius 3 is 2.50 bits per heavy atom. The van der Waals surface area contributed by atoms with Crippen LogP contribution >= 0.6 is 0 Å². The fourth-order valence-electron chi connectivity index (χ4n) is 1.93. The lowest BCUT2D eigenvalue weighted by molar-refractivity contribution is -0.141. The smallest absolute Gasteiger partial charge is 0.257 e. The molecule has 1 aliphatic heterocycles. The molecule has 100 valence electrons. The number of rotatable bonds is 6. The molecule has 1 unspecified atom stereocenters. The van der Waals surface area contributed by atoms with E-state index in [1.165, 1.54) is 6.08 Å². The summed E-state index contributed by atoms with van der Waals surface area (Å²) in [4.78, 5) is 35.8. The molecule has 0 spiro atoms. The highest BCUT2D eigenvalue weighted by atomic mass is 16.2. The normalized spacial score (nSPS) is 16.8. The number of nitrogens with zero attached hydrogens (tertiary/aromatic N) is 1. The summed E-state index contributed by atoms with van der Waals surface area (Å²) in [5, 5.41) is 2.84. The molecule has 0 saturated carbocycles. The number of nitrogens with one attached hydrogen (secondary N) is 1. The lowest BCUT2D eigenvalue weighted by Crippen LogP contribution is -2.44. The van der Waals surface area contributed by atoms with Crippen LogP contribution in [-0.4, -0.2) is 35.2 Å². The predicted octanol–water partition coefficient (Wildman–Crippen LogP) is 0.996. The molecule has 0 aromatic carbocycles. The molecule has 0 aromatic rings. The van der Waals surface area contributed by atoms with Gasteiger partial charge in [-0.15, -0.1) is 0 Å². The highest BCUT2D eigenvalue weighted by molar-refractivity contribution is 6.17. The maximum absolute atomic E-state index is 11.8. The summed E-state index contributed by atoms with van der Waals surface area (Å²) in [7, 11) is 0.